The van der Waals surface area contributed by atoms with Gasteiger partial charge in [-0.05, 0) is 12.0 Å². The Kier molecular flexibility index (Phi) is 2.86. The first-order chi connectivity index (χ1) is 8.75. The van der Waals surface area contributed by atoms with Crippen molar-refractivity contribution < 1.29 is 9.47 Å². The normalized spacial score (nSPS) is 21.7. The van der Waals surface area contributed by atoms with E-state index in [9.17, 15) is 0 Å². The minimum Gasteiger partial charge on any atom is -0.485 e. The number of amidine groups is 1. The van der Waals surface area contributed by atoms with E-state index in [1.165, 1.54) is 5.56 Å². The molecule has 2 heterocycles. The Balaban J connectivity index is 1.87. The molecule has 4 heteroatoms. The molecule has 1 aromatic carbocycles. The summed E-state index contributed by atoms with van der Waals surface area (Å²) in [4.78, 5) is 4.39. The molecule has 2 aliphatic heterocycles. The van der Waals surface area contributed by atoms with Crippen LogP contribution in [-0.2, 0) is 0 Å². The monoisotopic (exact) mass is 246 g/mol. The van der Waals surface area contributed by atoms with E-state index >= 15 is 0 Å². The van der Waals surface area contributed by atoms with E-state index < -0.39 is 0 Å². The van der Waals surface area contributed by atoms with E-state index in [1.54, 1.807) is 0 Å². The third-order valence-electron chi connectivity index (χ3n) is 3.28. The van der Waals surface area contributed by atoms with Crippen LogP contribution in [0.3, 0.4) is 0 Å². The van der Waals surface area contributed by atoms with Gasteiger partial charge >= 0.3 is 0 Å². The number of aliphatic imine (C=N–C) groups is 1. The molecule has 0 spiro atoms. The van der Waals surface area contributed by atoms with Crippen LogP contribution in [0.2, 0.25) is 0 Å². The van der Waals surface area contributed by atoms with Gasteiger partial charge in [-0.3, -0.25) is 4.99 Å². The average molecular weight is 246 g/mol. The van der Waals surface area contributed by atoms with Crippen molar-refractivity contribution in [2.45, 2.75) is 25.9 Å². The van der Waals surface area contributed by atoms with Crippen molar-refractivity contribution in [3.63, 3.8) is 0 Å². The van der Waals surface area contributed by atoms with Crippen LogP contribution in [0.1, 0.15) is 25.3 Å². The molecule has 1 N–H and O–H groups in total. The molecule has 0 aliphatic carbocycles. The van der Waals surface area contributed by atoms with E-state index in [1.807, 2.05) is 12.1 Å². The Morgan fingerprint density at radius 3 is 3.00 bits per heavy atom. The topological polar surface area (TPSA) is 42.8 Å². The fraction of sp³-hybridized carbons (Fsp3) is 0.500. The molecule has 0 fully saturated rings. The third kappa shape index (κ3) is 1.92. The Morgan fingerprint density at radius 2 is 2.28 bits per heavy atom. The Labute approximate surface area is 107 Å². The summed E-state index contributed by atoms with van der Waals surface area (Å²) in [5.74, 6) is 3.06. The van der Waals surface area contributed by atoms with E-state index in [-0.39, 0.29) is 6.10 Å². The largest absolute Gasteiger partial charge is 0.485 e. The van der Waals surface area contributed by atoms with Crippen molar-refractivity contribution in [1.29, 1.82) is 0 Å². The first-order valence-electron chi connectivity index (χ1n) is 6.46. The van der Waals surface area contributed by atoms with Gasteiger partial charge in [0.1, 0.15) is 12.4 Å². The third-order valence-corrected chi connectivity index (χ3v) is 3.28. The summed E-state index contributed by atoms with van der Waals surface area (Å²) in [5, 5.41) is 3.24. The van der Waals surface area contributed by atoms with Crippen LogP contribution < -0.4 is 14.8 Å². The van der Waals surface area contributed by atoms with Gasteiger partial charge in [0.15, 0.2) is 17.6 Å². The van der Waals surface area contributed by atoms with Crippen LogP contribution in [-0.4, -0.2) is 31.6 Å². The second-order valence-electron chi connectivity index (χ2n) is 4.94. The molecule has 4 nitrogen and oxygen atoms in total. The molecule has 1 aromatic rings. The first-order valence-corrected chi connectivity index (χ1v) is 6.46. The van der Waals surface area contributed by atoms with Gasteiger partial charge in [0.05, 0.1) is 6.54 Å². The zero-order valence-electron chi connectivity index (χ0n) is 10.8. The summed E-state index contributed by atoms with van der Waals surface area (Å²) >= 11 is 0. The minimum absolute atomic E-state index is 0.0950. The highest BCUT2D eigenvalue weighted by atomic mass is 16.6. The zero-order valence-corrected chi connectivity index (χ0v) is 10.8. The summed E-state index contributed by atoms with van der Waals surface area (Å²) < 4.78 is 11.9. The number of hydrogen-bond donors (Lipinski definition) is 1. The van der Waals surface area contributed by atoms with Crippen LogP contribution in [0.4, 0.5) is 0 Å². The molecule has 1 atom stereocenters. The van der Waals surface area contributed by atoms with Crippen LogP contribution in [0.25, 0.3) is 0 Å². The lowest BCUT2D eigenvalue weighted by Gasteiger charge is -2.28. The SMILES string of the molecule is CC(C)c1cccc2c1OCC(C1=NCCN1)O2. The lowest BCUT2D eigenvalue weighted by Crippen LogP contribution is -2.42. The summed E-state index contributed by atoms with van der Waals surface area (Å²) in [7, 11) is 0. The van der Waals surface area contributed by atoms with Gasteiger partial charge in [0.25, 0.3) is 0 Å². The molecule has 18 heavy (non-hydrogen) atoms. The van der Waals surface area contributed by atoms with Crippen molar-refractivity contribution in [3.8, 4) is 11.5 Å². The minimum atomic E-state index is -0.0950. The molecule has 3 rings (SSSR count). The van der Waals surface area contributed by atoms with Gasteiger partial charge in [-0.2, -0.15) is 0 Å². The van der Waals surface area contributed by atoms with E-state index in [0.717, 1.165) is 30.4 Å². The Morgan fingerprint density at radius 1 is 1.39 bits per heavy atom. The second-order valence-corrected chi connectivity index (χ2v) is 4.94. The lowest BCUT2D eigenvalue weighted by atomic mass is 10.0. The number of nitrogens with zero attached hydrogens (tertiary/aromatic N) is 1. The predicted octanol–water partition coefficient (Wildman–Crippen LogP) is 1.95. The van der Waals surface area contributed by atoms with Gasteiger partial charge in [0.2, 0.25) is 0 Å². The highest BCUT2D eigenvalue weighted by molar-refractivity contribution is 5.88. The molecular formula is C14H18N2O2. The van der Waals surface area contributed by atoms with E-state index in [2.05, 4.69) is 30.2 Å². The van der Waals surface area contributed by atoms with E-state index in [0.29, 0.717) is 12.5 Å². The van der Waals surface area contributed by atoms with Crippen LogP contribution in [0, 0.1) is 0 Å². The highest BCUT2D eigenvalue weighted by Gasteiger charge is 2.28. The standard InChI is InChI=1S/C14H18N2O2/c1-9(2)10-4-3-5-11-13(10)17-8-12(18-11)14-15-6-7-16-14/h3-5,9,12H,6-8H2,1-2H3,(H,15,16). The maximum atomic E-state index is 5.99. The molecule has 0 radical (unpaired) electrons. The van der Waals surface area contributed by atoms with Crippen molar-refractivity contribution in [1.82, 2.24) is 5.32 Å². The van der Waals surface area contributed by atoms with Crippen molar-refractivity contribution in [2.24, 2.45) is 4.99 Å². The average Bonchev–Trinajstić information content (AvgIpc) is 2.91. The molecule has 0 amide bonds. The highest BCUT2D eigenvalue weighted by Crippen LogP contribution is 2.38. The quantitative estimate of drug-likeness (QED) is 0.867. The number of nitrogens with one attached hydrogen (secondary N) is 1. The number of benzene rings is 1. The van der Waals surface area contributed by atoms with Gasteiger partial charge in [-0.1, -0.05) is 26.0 Å². The van der Waals surface area contributed by atoms with Gasteiger partial charge in [-0.25, -0.2) is 0 Å². The van der Waals surface area contributed by atoms with Crippen molar-refractivity contribution >= 4 is 5.84 Å². The summed E-state index contributed by atoms with van der Waals surface area (Å²) in [6, 6.07) is 6.07. The van der Waals surface area contributed by atoms with Gasteiger partial charge < -0.3 is 14.8 Å². The first kappa shape index (κ1) is 11.4. The maximum Gasteiger partial charge on any atom is 0.189 e. The molecular weight excluding hydrogens is 228 g/mol. The molecule has 0 saturated carbocycles. The van der Waals surface area contributed by atoms with Gasteiger partial charge in [0, 0.05) is 12.1 Å². The van der Waals surface area contributed by atoms with Gasteiger partial charge in [-0.15, -0.1) is 0 Å². The molecule has 0 saturated heterocycles. The number of fused-ring (bicyclic) bond motifs is 1. The smallest absolute Gasteiger partial charge is 0.189 e. The number of para-hydroxylation sites is 1. The van der Waals surface area contributed by atoms with Crippen LogP contribution in [0.15, 0.2) is 23.2 Å². The Hall–Kier alpha value is -1.71. The molecule has 0 aromatic heterocycles. The fourth-order valence-electron chi connectivity index (χ4n) is 2.35. The van der Waals surface area contributed by atoms with Crippen LogP contribution >= 0.6 is 0 Å². The Bertz CT molecular complexity index is 483. The fourth-order valence-corrected chi connectivity index (χ4v) is 2.35. The summed E-state index contributed by atoms with van der Waals surface area (Å²) in [6.07, 6.45) is -0.0950. The maximum absolute atomic E-state index is 5.99. The number of rotatable bonds is 2. The van der Waals surface area contributed by atoms with Crippen molar-refractivity contribution in [3.05, 3.63) is 23.8 Å². The molecule has 2 aliphatic rings. The molecule has 0 bridgehead atoms. The number of ether oxygens (including phenoxy) is 2. The van der Waals surface area contributed by atoms with E-state index in [4.69, 9.17) is 9.47 Å². The van der Waals surface area contributed by atoms with Crippen molar-refractivity contribution in [2.75, 3.05) is 19.7 Å². The molecule has 96 valence electrons. The predicted molar refractivity (Wildman–Crippen MR) is 70.7 cm³/mol. The second kappa shape index (κ2) is 4.52. The summed E-state index contributed by atoms with van der Waals surface area (Å²) in [5.41, 5.74) is 1.20. The summed E-state index contributed by atoms with van der Waals surface area (Å²) in [6.45, 7) is 6.58. The number of hydrogen-bond acceptors (Lipinski definition) is 4. The zero-order chi connectivity index (χ0) is 12.5. The van der Waals surface area contributed by atoms with Crippen LogP contribution in [0.5, 0.6) is 11.5 Å². The molecule has 1 unspecified atom stereocenters. The lowest BCUT2D eigenvalue weighted by molar-refractivity contribution is 0.131.